The van der Waals surface area contributed by atoms with Gasteiger partial charge in [0.1, 0.15) is 5.69 Å². The summed E-state index contributed by atoms with van der Waals surface area (Å²) in [5.41, 5.74) is 4.68. The molecule has 6 nitrogen and oxygen atoms in total. The van der Waals surface area contributed by atoms with Crippen molar-refractivity contribution in [1.29, 1.82) is 0 Å². The Labute approximate surface area is 160 Å². The van der Waals surface area contributed by atoms with Crippen molar-refractivity contribution in [3.8, 4) is 11.3 Å². The van der Waals surface area contributed by atoms with Crippen LogP contribution >= 0.6 is 0 Å². The SMILES string of the molecule is O=C1c2cccc(-c3nc4ccccc4[nH]c3=O)c2CN1Cc1ccncc1. The molecule has 0 unspecified atom stereocenters. The van der Waals surface area contributed by atoms with Crippen LogP contribution in [0, 0.1) is 0 Å². The maximum atomic E-state index is 12.9. The van der Waals surface area contributed by atoms with Crippen LogP contribution in [0.5, 0.6) is 0 Å². The number of carbonyl (C=O) groups excluding carboxylic acids is 1. The Kier molecular flexibility index (Phi) is 3.76. The maximum Gasteiger partial charge on any atom is 0.274 e. The molecule has 0 saturated heterocycles. The molecule has 1 N–H and O–H groups in total. The lowest BCUT2D eigenvalue weighted by Crippen LogP contribution is -2.23. The molecule has 0 aliphatic carbocycles. The Balaban J connectivity index is 1.58. The number of hydrogen-bond donors (Lipinski definition) is 1. The van der Waals surface area contributed by atoms with Gasteiger partial charge in [-0.05, 0) is 41.5 Å². The monoisotopic (exact) mass is 368 g/mol. The van der Waals surface area contributed by atoms with Crippen molar-refractivity contribution >= 4 is 16.9 Å². The first-order valence-electron chi connectivity index (χ1n) is 9.00. The van der Waals surface area contributed by atoms with Crippen LogP contribution in [0.25, 0.3) is 22.3 Å². The van der Waals surface area contributed by atoms with Crippen LogP contribution in [0.1, 0.15) is 21.5 Å². The molecule has 0 spiro atoms. The van der Waals surface area contributed by atoms with E-state index in [9.17, 15) is 9.59 Å². The third kappa shape index (κ3) is 2.66. The van der Waals surface area contributed by atoms with Gasteiger partial charge in [0.05, 0.1) is 11.0 Å². The Morgan fingerprint density at radius 1 is 0.929 bits per heavy atom. The average molecular weight is 368 g/mol. The van der Waals surface area contributed by atoms with E-state index in [0.29, 0.717) is 40.9 Å². The first-order chi connectivity index (χ1) is 13.7. The predicted octanol–water partition coefficient (Wildman–Crippen LogP) is 3.14. The quantitative estimate of drug-likeness (QED) is 0.603. The number of hydrogen-bond acceptors (Lipinski definition) is 4. The van der Waals surface area contributed by atoms with E-state index in [1.165, 1.54) is 0 Å². The number of aromatic nitrogens is 3. The van der Waals surface area contributed by atoms with Crippen LogP contribution < -0.4 is 5.56 Å². The molecule has 3 heterocycles. The summed E-state index contributed by atoms with van der Waals surface area (Å²) in [7, 11) is 0. The van der Waals surface area contributed by atoms with E-state index in [4.69, 9.17) is 0 Å². The van der Waals surface area contributed by atoms with Crippen LogP contribution in [-0.2, 0) is 13.1 Å². The fourth-order valence-corrected chi connectivity index (χ4v) is 3.66. The standard InChI is InChI=1S/C22H16N4O2/c27-21-20(24-18-6-1-2-7-19(18)25-21)15-4-3-5-16-17(15)13-26(22(16)28)12-14-8-10-23-11-9-14/h1-11H,12-13H2,(H,25,27). The van der Waals surface area contributed by atoms with Crippen molar-refractivity contribution in [2.75, 3.05) is 0 Å². The van der Waals surface area contributed by atoms with Crippen molar-refractivity contribution in [1.82, 2.24) is 19.9 Å². The summed E-state index contributed by atoms with van der Waals surface area (Å²) < 4.78 is 0. The molecule has 0 bridgehead atoms. The second-order valence-corrected chi connectivity index (χ2v) is 6.78. The number of carbonyl (C=O) groups is 1. The topological polar surface area (TPSA) is 79.0 Å². The third-order valence-electron chi connectivity index (χ3n) is 5.02. The molecule has 1 amide bonds. The number of nitrogens with zero attached hydrogens (tertiary/aromatic N) is 3. The number of para-hydroxylation sites is 2. The summed E-state index contributed by atoms with van der Waals surface area (Å²) >= 11 is 0. The fraction of sp³-hybridized carbons (Fsp3) is 0.0909. The van der Waals surface area contributed by atoms with Crippen LogP contribution in [0.3, 0.4) is 0 Å². The molecular formula is C22H16N4O2. The van der Waals surface area contributed by atoms with Gasteiger partial charge >= 0.3 is 0 Å². The van der Waals surface area contributed by atoms with Gasteiger partial charge in [-0.25, -0.2) is 4.98 Å². The summed E-state index contributed by atoms with van der Waals surface area (Å²) in [5, 5.41) is 0. The molecule has 1 aliphatic rings. The summed E-state index contributed by atoms with van der Waals surface area (Å²) in [4.78, 5) is 38.8. The zero-order valence-electron chi connectivity index (χ0n) is 14.9. The van der Waals surface area contributed by atoms with Gasteiger partial charge < -0.3 is 9.88 Å². The number of pyridine rings is 1. The molecule has 2 aromatic heterocycles. The van der Waals surface area contributed by atoms with E-state index in [0.717, 1.165) is 11.1 Å². The lowest BCUT2D eigenvalue weighted by molar-refractivity contribution is 0.0766. The minimum Gasteiger partial charge on any atom is -0.330 e. The number of nitrogens with one attached hydrogen (secondary N) is 1. The van der Waals surface area contributed by atoms with Crippen molar-refractivity contribution in [3.05, 3.63) is 94.0 Å². The molecule has 6 heteroatoms. The Morgan fingerprint density at radius 3 is 2.57 bits per heavy atom. The van der Waals surface area contributed by atoms with Crippen LogP contribution in [0.4, 0.5) is 0 Å². The summed E-state index contributed by atoms with van der Waals surface area (Å²) in [6.07, 6.45) is 3.43. The summed E-state index contributed by atoms with van der Waals surface area (Å²) in [6.45, 7) is 0.942. The highest BCUT2D eigenvalue weighted by Gasteiger charge is 2.30. The molecule has 4 aromatic rings. The van der Waals surface area contributed by atoms with Crippen LogP contribution in [-0.4, -0.2) is 25.8 Å². The second-order valence-electron chi connectivity index (χ2n) is 6.78. The molecule has 0 saturated carbocycles. The highest BCUT2D eigenvalue weighted by Crippen LogP contribution is 2.31. The molecule has 0 fully saturated rings. The van der Waals surface area contributed by atoms with Gasteiger partial charge in [-0.1, -0.05) is 24.3 Å². The minimum absolute atomic E-state index is 0.0362. The van der Waals surface area contributed by atoms with Gasteiger partial charge in [0.2, 0.25) is 0 Å². The average Bonchev–Trinajstić information content (AvgIpc) is 3.04. The third-order valence-corrected chi connectivity index (χ3v) is 5.02. The highest BCUT2D eigenvalue weighted by molar-refractivity contribution is 6.00. The lowest BCUT2D eigenvalue weighted by atomic mass is 10.0. The van der Waals surface area contributed by atoms with Crippen molar-refractivity contribution in [3.63, 3.8) is 0 Å². The van der Waals surface area contributed by atoms with Crippen molar-refractivity contribution in [2.24, 2.45) is 0 Å². The maximum absolute atomic E-state index is 12.9. The smallest absolute Gasteiger partial charge is 0.274 e. The molecule has 0 atom stereocenters. The Bertz CT molecular complexity index is 1260. The number of H-pyrrole nitrogens is 1. The Hall–Kier alpha value is -3.80. The van der Waals surface area contributed by atoms with Gasteiger partial charge in [0.15, 0.2) is 0 Å². The normalized spacial score (nSPS) is 13.1. The zero-order chi connectivity index (χ0) is 19.1. The second kappa shape index (κ2) is 6.42. The van der Waals surface area contributed by atoms with Gasteiger partial charge in [-0.3, -0.25) is 14.6 Å². The Morgan fingerprint density at radius 2 is 1.71 bits per heavy atom. The van der Waals surface area contributed by atoms with E-state index >= 15 is 0 Å². The number of amides is 1. The summed E-state index contributed by atoms with van der Waals surface area (Å²) in [6, 6.07) is 16.7. The van der Waals surface area contributed by atoms with E-state index in [2.05, 4.69) is 15.0 Å². The van der Waals surface area contributed by atoms with E-state index in [1.807, 2.05) is 48.5 Å². The largest absolute Gasteiger partial charge is 0.330 e. The number of aromatic amines is 1. The first kappa shape index (κ1) is 16.4. The molecule has 136 valence electrons. The molecular weight excluding hydrogens is 352 g/mol. The lowest BCUT2D eigenvalue weighted by Gasteiger charge is -2.15. The van der Waals surface area contributed by atoms with Gasteiger partial charge in [-0.2, -0.15) is 0 Å². The first-order valence-corrected chi connectivity index (χ1v) is 9.00. The van der Waals surface area contributed by atoms with Gasteiger partial charge in [0, 0.05) is 36.6 Å². The fourth-order valence-electron chi connectivity index (χ4n) is 3.66. The number of benzene rings is 2. The zero-order valence-corrected chi connectivity index (χ0v) is 14.9. The van der Waals surface area contributed by atoms with Gasteiger partial charge in [-0.15, -0.1) is 0 Å². The van der Waals surface area contributed by atoms with Crippen molar-refractivity contribution < 1.29 is 4.79 Å². The predicted molar refractivity (Wildman–Crippen MR) is 106 cm³/mol. The van der Waals surface area contributed by atoms with Gasteiger partial charge in [0.25, 0.3) is 11.5 Å². The molecule has 28 heavy (non-hydrogen) atoms. The molecule has 1 aliphatic heterocycles. The van der Waals surface area contributed by atoms with Crippen LogP contribution in [0.15, 0.2) is 71.8 Å². The number of rotatable bonds is 3. The highest BCUT2D eigenvalue weighted by atomic mass is 16.2. The number of fused-ring (bicyclic) bond motifs is 2. The van der Waals surface area contributed by atoms with Crippen molar-refractivity contribution in [2.45, 2.75) is 13.1 Å². The molecule has 5 rings (SSSR count). The summed E-state index contributed by atoms with van der Waals surface area (Å²) in [5.74, 6) is -0.0362. The molecule has 2 aromatic carbocycles. The van der Waals surface area contributed by atoms with Crippen LogP contribution in [0.2, 0.25) is 0 Å². The molecule has 0 radical (unpaired) electrons. The van der Waals surface area contributed by atoms with E-state index < -0.39 is 0 Å². The van der Waals surface area contributed by atoms with E-state index in [1.54, 1.807) is 23.4 Å². The van der Waals surface area contributed by atoms with E-state index in [-0.39, 0.29) is 11.5 Å². The minimum atomic E-state index is -0.257.